The molecule has 4 nitrogen and oxygen atoms in total. The van der Waals surface area contributed by atoms with Gasteiger partial charge < -0.3 is 9.88 Å². The van der Waals surface area contributed by atoms with E-state index < -0.39 is 0 Å². The zero-order chi connectivity index (χ0) is 14.5. The average molecular weight is 297 g/mol. The third kappa shape index (κ3) is 3.38. The van der Waals surface area contributed by atoms with Gasteiger partial charge in [0.15, 0.2) is 0 Å². The summed E-state index contributed by atoms with van der Waals surface area (Å²) in [6.07, 6.45) is 6.01. The molecule has 3 aromatic rings. The third-order valence-corrected chi connectivity index (χ3v) is 3.93. The minimum absolute atomic E-state index is 0.00922. The summed E-state index contributed by atoms with van der Waals surface area (Å²) < 4.78 is 2.06. The highest BCUT2D eigenvalue weighted by molar-refractivity contribution is 7.08. The number of pyridine rings is 1. The van der Waals surface area contributed by atoms with Crippen LogP contribution in [0.15, 0.2) is 65.7 Å². The van der Waals surface area contributed by atoms with Gasteiger partial charge in [-0.25, -0.2) is 4.98 Å². The fourth-order valence-electron chi connectivity index (χ4n) is 2.22. The molecule has 1 N–H and O–H groups in total. The SMILES string of the molecule is O=C(CC(c1ccsc1)n1cccc1)Nc1ccccn1. The molecule has 3 heterocycles. The zero-order valence-corrected chi connectivity index (χ0v) is 12.2. The highest BCUT2D eigenvalue weighted by Gasteiger charge is 2.18. The zero-order valence-electron chi connectivity index (χ0n) is 11.3. The van der Waals surface area contributed by atoms with E-state index in [0.29, 0.717) is 12.2 Å². The molecular formula is C16H15N3OS. The Morgan fingerprint density at radius 2 is 2.10 bits per heavy atom. The summed E-state index contributed by atoms with van der Waals surface area (Å²) in [5.41, 5.74) is 1.15. The van der Waals surface area contributed by atoms with Crippen LogP contribution < -0.4 is 5.32 Å². The van der Waals surface area contributed by atoms with Crippen molar-refractivity contribution in [3.63, 3.8) is 0 Å². The molecular weight excluding hydrogens is 282 g/mol. The lowest BCUT2D eigenvalue weighted by atomic mass is 10.1. The highest BCUT2D eigenvalue weighted by Crippen LogP contribution is 2.24. The Morgan fingerprint density at radius 1 is 1.24 bits per heavy atom. The number of anilines is 1. The summed E-state index contributed by atoms with van der Waals surface area (Å²) in [6.45, 7) is 0. The lowest BCUT2D eigenvalue weighted by molar-refractivity contribution is -0.116. The second kappa shape index (κ2) is 6.37. The summed E-state index contributed by atoms with van der Waals surface area (Å²) >= 11 is 1.64. The topological polar surface area (TPSA) is 46.9 Å². The maximum absolute atomic E-state index is 12.3. The summed E-state index contributed by atoms with van der Waals surface area (Å²) in [5, 5.41) is 6.95. The van der Waals surface area contributed by atoms with Crippen LogP contribution in [0.5, 0.6) is 0 Å². The van der Waals surface area contributed by atoms with Crippen molar-refractivity contribution in [2.75, 3.05) is 5.32 Å². The number of thiophene rings is 1. The van der Waals surface area contributed by atoms with Crippen LogP contribution in [0, 0.1) is 0 Å². The first-order chi connectivity index (χ1) is 10.3. The van der Waals surface area contributed by atoms with Crippen molar-refractivity contribution in [1.82, 2.24) is 9.55 Å². The molecule has 0 aliphatic heterocycles. The Hall–Kier alpha value is -2.40. The van der Waals surface area contributed by atoms with Gasteiger partial charge in [0, 0.05) is 18.6 Å². The summed E-state index contributed by atoms with van der Waals surface area (Å²) in [7, 11) is 0. The van der Waals surface area contributed by atoms with Gasteiger partial charge in [-0.05, 0) is 46.7 Å². The molecule has 0 aliphatic carbocycles. The van der Waals surface area contributed by atoms with Crippen molar-refractivity contribution in [2.45, 2.75) is 12.5 Å². The molecule has 5 heteroatoms. The smallest absolute Gasteiger partial charge is 0.227 e. The van der Waals surface area contributed by atoms with E-state index in [2.05, 4.69) is 26.3 Å². The van der Waals surface area contributed by atoms with Crippen molar-refractivity contribution >= 4 is 23.1 Å². The maximum atomic E-state index is 12.3. The molecule has 0 saturated carbocycles. The number of hydrogen-bond acceptors (Lipinski definition) is 3. The molecule has 0 fully saturated rings. The maximum Gasteiger partial charge on any atom is 0.227 e. The van der Waals surface area contributed by atoms with E-state index in [1.54, 1.807) is 23.6 Å². The van der Waals surface area contributed by atoms with Crippen LogP contribution in [0.2, 0.25) is 0 Å². The van der Waals surface area contributed by atoms with Gasteiger partial charge in [0.2, 0.25) is 5.91 Å². The lowest BCUT2D eigenvalue weighted by Gasteiger charge is -2.17. The molecule has 0 radical (unpaired) electrons. The average Bonchev–Trinajstić information content (AvgIpc) is 3.19. The van der Waals surface area contributed by atoms with E-state index >= 15 is 0 Å². The van der Waals surface area contributed by atoms with Gasteiger partial charge in [0.05, 0.1) is 12.5 Å². The number of amides is 1. The minimum Gasteiger partial charge on any atom is -0.346 e. The number of nitrogens with one attached hydrogen (secondary N) is 1. The number of aromatic nitrogens is 2. The fraction of sp³-hybridized carbons (Fsp3) is 0.125. The largest absolute Gasteiger partial charge is 0.346 e. The van der Waals surface area contributed by atoms with E-state index in [4.69, 9.17) is 0 Å². The van der Waals surface area contributed by atoms with Gasteiger partial charge in [-0.15, -0.1) is 0 Å². The van der Waals surface area contributed by atoms with Crippen LogP contribution in [0.1, 0.15) is 18.0 Å². The van der Waals surface area contributed by atoms with Crippen molar-refractivity contribution in [3.8, 4) is 0 Å². The Morgan fingerprint density at radius 3 is 2.76 bits per heavy atom. The summed E-state index contributed by atoms with van der Waals surface area (Å²) in [6, 6.07) is 11.5. The van der Waals surface area contributed by atoms with E-state index in [0.717, 1.165) is 5.56 Å². The van der Waals surface area contributed by atoms with Gasteiger partial charge in [-0.1, -0.05) is 6.07 Å². The van der Waals surface area contributed by atoms with Gasteiger partial charge in [-0.3, -0.25) is 4.79 Å². The van der Waals surface area contributed by atoms with Crippen LogP contribution in [0.4, 0.5) is 5.82 Å². The molecule has 106 valence electrons. The van der Waals surface area contributed by atoms with Gasteiger partial charge in [0.25, 0.3) is 0 Å². The van der Waals surface area contributed by atoms with Crippen LogP contribution in [0.25, 0.3) is 0 Å². The molecule has 3 aromatic heterocycles. The standard InChI is InChI=1S/C16H15N3OS/c20-16(18-15-5-1-2-7-17-15)11-14(13-6-10-21-12-13)19-8-3-4-9-19/h1-10,12,14H,11H2,(H,17,18,20). The van der Waals surface area contributed by atoms with Crippen LogP contribution >= 0.6 is 11.3 Å². The molecule has 0 saturated heterocycles. The van der Waals surface area contributed by atoms with Crippen molar-refractivity contribution < 1.29 is 4.79 Å². The first kappa shape index (κ1) is 13.6. The Bertz CT molecular complexity index is 643. The van der Waals surface area contributed by atoms with Gasteiger partial charge in [0.1, 0.15) is 5.82 Å². The fourth-order valence-corrected chi connectivity index (χ4v) is 2.93. The minimum atomic E-state index is -0.0430. The lowest BCUT2D eigenvalue weighted by Crippen LogP contribution is -2.19. The predicted octanol–water partition coefficient (Wildman–Crippen LogP) is 3.56. The Balaban J connectivity index is 1.75. The molecule has 1 unspecified atom stereocenters. The summed E-state index contributed by atoms with van der Waals surface area (Å²) in [5.74, 6) is 0.540. The van der Waals surface area contributed by atoms with E-state index in [-0.39, 0.29) is 11.9 Å². The molecule has 1 amide bonds. The quantitative estimate of drug-likeness (QED) is 0.782. The molecule has 0 spiro atoms. The van der Waals surface area contributed by atoms with E-state index in [9.17, 15) is 4.79 Å². The Labute approximate surface area is 127 Å². The number of rotatable bonds is 5. The first-order valence-electron chi connectivity index (χ1n) is 6.68. The molecule has 1 atom stereocenters. The Kier molecular flexibility index (Phi) is 4.12. The molecule has 3 rings (SSSR count). The second-order valence-electron chi connectivity index (χ2n) is 4.67. The molecule has 21 heavy (non-hydrogen) atoms. The third-order valence-electron chi connectivity index (χ3n) is 3.23. The first-order valence-corrected chi connectivity index (χ1v) is 7.62. The monoisotopic (exact) mass is 297 g/mol. The summed E-state index contributed by atoms with van der Waals surface area (Å²) in [4.78, 5) is 16.4. The number of nitrogens with zero attached hydrogens (tertiary/aromatic N) is 2. The molecule has 0 aromatic carbocycles. The number of carbonyl (C=O) groups excluding carboxylic acids is 1. The van der Waals surface area contributed by atoms with Gasteiger partial charge in [-0.2, -0.15) is 11.3 Å². The van der Waals surface area contributed by atoms with Crippen LogP contribution in [-0.2, 0) is 4.79 Å². The van der Waals surface area contributed by atoms with E-state index in [1.165, 1.54) is 0 Å². The van der Waals surface area contributed by atoms with E-state index in [1.807, 2.05) is 42.0 Å². The highest BCUT2D eigenvalue weighted by atomic mass is 32.1. The van der Waals surface area contributed by atoms with Crippen LogP contribution in [-0.4, -0.2) is 15.5 Å². The number of carbonyl (C=O) groups is 1. The van der Waals surface area contributed by atoms with Crippen molar-refractivity contribution in [1.29, 1.82) is 0 Å². The van der Waals surface area contributed by atoms with Crippen molar-refractivity contribution in [2.24, 2.45) is 0 Å². The second-order valence-corrected chi connectivity index (χ2v) is 5.45. The van der Waals surface area contributed by atoms with Gasteiger partial charge >= 0.3 is 0 Å². The predicted molar refractivity (Wildman–Crippen MR) is 84.4 cm³/mol. The molecule has 0 aliphatic rings. The van der Waals surface area contributed by atoms with Crippen LogP contribution in [0.3, 0.4) is 0 Å². The van der Waals surface area contributed by atoms with Crippen molar-refractivity contribution in [3.05, 3.63) is 71.3 Å². The number of hydrogen-bond donors (Lipinski definition) is 1. The normalized spacial score (nSPS) is 12.0. The molecule has 0 bridgehead atoms.